The Morgan fingerprint density at radius 3 is 2.43 bits per heavy atom. The molecular weight excluding hydrogens is 266 g/mol. The number of carbonyl (C=O) groups is 1. The van der Waals surface area contributed by atoms with Crippen LogP contribution in [0, 0.1) is 5.92 Å². The highest BCUT2D eigenvalue weighted by atomic mass is 16.5. The molecule has 2 heterocycles. The van der Waals surface area contributed by atoms with Crippen molar-refractivity contribution in [3.05, 3.63) is 23.9 Å². The van der Waals surface area contributed by atoms with Gasteiger partial charge in [-0.2, -0.15) is 0 Å². The topological polar surface area (TPSA) is 68.5 Å². The van der Waals surface area contributed by atoms with Crippen molar-refractivity contribution in [1.82, 2.24) is 9.88 Å². The quantitative estimate of drug-likeness (QED) is 0.929. The van der Waals surface area contributed by atoms with Crippen LogP contribution in [0.2, 0.25) is 0 Å². The molecule has 2 N–H and O–H groups in total. The number of nitrogens with zero attached hydrogens (tertiary/aromatic N) is 2. The number of hydrogen-bond donors (Lipinski definition) is 1. The summed E-state index contributed by atoms with van der Waals surface area (Å²) < 4.78 is 5.04. The second-order valence-corrected chi connectivity index (χ2v) is 5.00. The highest BCUT2D eigenvalue weighted by Crippen LogP contribution is 2.29. The summed E-state index contributed by atoms with van der Waals surface area (Å²) in [6.07, 6.45) is 3.68. The summed E-state index contributed by atoms with van der Waals surface area (Å²) in [4.78, 5) is 17.4. The van der Waals surface area contributed by atoms with Crippen molar-refractivity contribution in [3.63, 3.8) is 0 Å². The van der Waals surface area contributed by atoms with Gasteiger partial charge in [0.05, 0.1) is 7.11 Å². The Hall–Kier alpha value is -1.62. The molecule has 1 aromatic rings. The average Bonchev–Trinajstić information content (AvgIpc) is 2.56. The van der Waals surface area contributed by atoms with Crippen LogP contribution in [0.4, 0.5) is 0 Å². The van der Waals surface area contributed by atoms with Crippen molar-refractivity contribution >= 4 is 5.91 Å². The Labute approximate surface area is 127 Å². The Balaban J connectivity index is 0.00000106. The van der Waals surface area contributed by atoms with Crippen LogP contribution in [0.5, 0.6) is 5.88 Å². The third-order valence-corrected chi connectivity index (χ3v) is 3.85. The van der Waals surface area contributed by atoms with Crippen LogP contribution in [0.1, 0.15) is 45.2 Å². The number of rotatable bonds is 3. The fraction of sp³-hybridized carbons (Fsp3) is 0.625. The third-order valence-electron chi connectivity index (χ3n) is 3.85. The lowest BCUT2D eigenvalue weighted by atomic mass is 9.86. The van der Waals surface area contributed by atoms with Gasteiger partial charge in [-0.15, -0.1) is 0 Å². The summed E-state index contributed by atoms with van der Waals surface area (Å²) in [5, 5.41) is 0. The van der Waals surface area contributed by atoms with Gasteiger partial charge in [-0.05, 0) is 24.3 Å². The van der Waals surface area contributed by atoms with Gasteiger partial charge in [0.25, 0.3) is 0 Å². The maximum Gasteiger partial charge on any atom is 0.219 e. The first-order valence-electron chi connectivity index (χ1n) is 7.63. The van der Waals surface area contributed by atoms with Crippen LogP contribution >= 0.6 is 0 Å². The largest absolute Gasteiger partial charge is 0.481 e. The fourth-order valence-electron chi connectivity index (χ4n) is 2.56. The van der Waals surface area contributed by atoms with E-state index in [4.69, 9.17) is 10.5 Å². The fourth-order valence-corrected chi connectivity index (χ4v) is 2.56. The molecule has 1 saturated heterocycles. The minimum atomic E-state index is -0.0208. The lowest BCUT2D eigenvalue weighted by Gasteiger charge is -2.34. The van der Waals surface area contributed by atoms with Gasteiger partial charge in [-0.3, -0.25) is 4.79 Å². The van der Waals surface area contributed by atoms with Gasteiger partial charge in [0.1, 0.15) is 0 Å². The molecule has 1 fully saturated rings. The van der Waals surface area contributed by atoms with E-state index >= 15 is 0 Å². The number of aromatic nitrogens is 1. The molecule has 21 heavy (non-hydrogen) atoms. The van der Waals surface area contributed by atoms with Gasteiger partial charge in [-0.25, -0.2) is 4.98 Å². The number of carbonyl (C=O) groups excluding carboxylic acids is 1. The lowest BCUT2D eigenvalue weighted by molar-refractivity contribution is -0.130. The molecule has 0 radical (unpaired) electrons. The number of piperidine rings is 1. The van der Waals surface area contributed by atoms with E-state index in [1.165, 1.54) is 0 Å². The Morgan fingerprint density at radius 1 is 1.38 bits per heavy atom. The van der Waals surface area contributed by atoms with Gasteiger partial charge in [0, 0.05) is 38.3 Å². The van der Waals surface area contributed by atoms with Crippen LogP contribution in [0.3, 0.4) is 0 Å². The Bertz CT molecular complexity index is 426. The van der Waals surface area contributed by atoms with Crippen molar-refractivity contribution in [3.8, 4) is 5.88 Å². The van der Waals surface area contributed by atoms with Crippen LogP contribution in [0.25, 0.3) is 0 Å². The smallest absolute Gasteiger partial charge is 0.219 e. The van der Waals surface area contributed by atoms with Crippen molar-refractivity contribution in [1.29, 1.82) is 0 Å². The van der Waals surface area contributed by atoms with Crippen LogP contribution < -0.4 is 10.5 Å². The number of likely N-dealkylation sites (tertiary alicyclic amines) is 1. The van der Waals surface area contributed by atoms with E-state index in [1.54, 1.807) is 20.2 Å². The molecule has 1 aliphatic rings. The molecule has 0 aromatic carbocycles. The third kappa shape index (κ3) is 4.70. The van der Waals surface area contributed by atoms with Crippen LogP contribution in [0.15, 0.2) is 18.3 Å². The van der Waals surface area contributed by atoms with E-state index in [0.717, 1.165) is 31.5 Å². The van der Waals surface area contributed by atoms with Crippen LogP contribution in [-0.2, 0) is 4.79 Å². The summed E-state index contributed by atoms with van der Waals surface area (Å²) in [7, 11) is 1.60. The van der Waals surface area contributed by atoms with Gasteiger partial charge in [0.2, 0.25) is 11.8 Å². The molecule has 1 atom stereocenters. The molecule has 1 unspecified atom stereocenters. The molecule has 2 rings (SSSR count). The minimum absolute atomic E-state index is 0.0208. The first-order valence-corrected chi connectivity index (χ1v) is 7.63. The number of nitrogens with two attached hydrogens (primary N) is 1. The van der Waals surface area contributed by atoms with E-state index in [0.29, 0.717) is 11.8 Å². The monoisotopic (exact) mass is 293 g/mol. The predicted molar refractivity (Wildman–Crippen MR) is 84.0 cm³/mol. The van der Waals surface area contributed by atoms with Crippen LogP contribution in [-0.4, -0.2) is 36.0 Å². The molecular formula is C16H27N3O2. The number of hydrogen-bond acceptors (Lipinski definition) is 4. The summed E-state index contributed by atoms with van der Waals surface area (Å²) in [5.74, 6) is 1.16. The number of methoxy groups -OCH3 is 1. The maximum atomic E-state index is 11.3. The first-order chi connectivity index (χ1) is 10.1. The van der Waals surface area contributed by atoms with Gasteiger partial charge < -0.3 is 15.4 Å². The Kier molecular flexibility index (Phi) is 7.15. The molecule has 1 aromatic heterocycles. The average molecular weight is 293 g/mol. The molecule has 1 aliphatic heterocycles. The second-order valence-electron chi connectivity index (χ2n) is 5.00. The summed E-state index contributed by atoms with van der Waals surface area (Å²) in [6, 6.07) is 3.78. The molecule has 5 heteroatoms. The van der Waals surface area contributed by atoms with Gasteiger partial charge >= 0.3 is 0 Å². The number of pyridine rings is 1. The van der Waals surface area contributed by atoms with E-state index < -0.39 is 0 Å². The first kappa shape index (κ1) is 17.4. The van der Waals surface area contributed by atoms with E-state index in [2.05, 4.69) is 4.98 Å². The Morgan fingerprint density at radius 2 is 2.00 bits per heavy atom. The summed E-state index contributed by atoms with van der Waals surface area (Å²) in [5.41, 5.74) is 7.33. The molecule has 5 nitrogen and oxygen atoms in total. The minimum Gasteiger partial charge on any atom is -0.481 e. The molecule has 1 amide bonds. The summed E-state index contributed by atoms with van der Waals surface area (Å²) >= 11 is 0. The van der Waals surface area contributed by atoms with Crippen molar-refractivity contribution in [2.75, 3.05) is 20.2 Å². The lowest BCUT2D eigenvalue weighted by Crippen LogP contribution is -2.39. The zero-order valence-electron chi connectivity index (χ0n) is 13.5. The molecule has 0 bridgehead atoms. The second kappa shape index (κ2) is 8.62. The zero-order chi connectivity index (χ0) is 15.8. The molecule has 0 spiro atoms. The van der Waals surface area contributed by atoms with Crippen molar-refractivity contribution < 1.29 is 9.53 Å². The number of ether oxygens (including phenoxy) is 1. The SMILES string of the molecule is CC.COc1ccc(C(N)C2CCN(C(C)=O)CC2)cn1. The van der Waals surface area contributed by atoms with E-state index in [9.17, 15) is 4.79 Å². The van der Waals surface area contributed by atoms with E-state index in [1.807, 2.05) is 30.9 Å². The molecule has 0 saturated carbocycles. The summed E-state index contributed by atoms with van der Waals surface area (Å²) in [6.45, 7) is 7.22. The number of amides is 1. The molecule has 118 valence electrons. The standard InChI is InChI=1S/C14H21N3O2.C2H6/c1-10(18)17-7-5-11(6-8-17)14(15)12-3-4-13(19-2)16-9-12;1-2/h3-4,9,11,14H,5-8,15H2,1-2H3;1-2H3. The maximum absolute atomic E-state index is 11.3. The zero-order valence-corrected chi connectivity index (χ0v) is 13.5. The van der Waals surface area contributed by atoms with Gasteiger partial charge in [0.15, 0.2) is 0 Å². The molecule has 0 aliphatic carbocycles. The highest BCUT2D eigenvalue weighted by Gasteiger charge is 2.26. The van der Waals surface area contributed by atoms with Crippen molar-refractivity contribution in [2.45, 2.75) is 39.7 Å². The van der Waals surface area contributed by atoms with Crippen molar-refractivity contribution in [2.24, 2.45) is 11.7 Å². The highest BCUT2D eigenvalue weighted by molar-refractivity contribution is 5.73. The van der Waals surface area contributed by atoms with Gasteiger partial charge in [-0.1, -0.05) is 19.9 Å². The van der Waals surface area contributed by atoms with E-state index in [-0.39, 0.29) is 11.9 Å². The predicted octanol–water partition coefficient (Wildman–Crippen LogP) is 2.37. The normalized spacial score (nSPS) is 16.7.